The number of aliphatic hydroxyl groups is 1. The van der Waals surface area contributed by atoms with Gasteiger partial charge in [-0.3, -0.25) is 4.79 Å². The van der Waals surface area contributed by atoms with E-state index in [4.69, 9.17) is 10.2 Å². The van der Waals surface area contributed by atoms with Crippen LogP contribution in [0.3, 0.4) is 0 Å². The molecular formula is C7H15NO3. The first-order valence-corrected chi connectivity index (χ1v) is 3.77. The molecule has 3 N–H and O–H groups in total. The van der Waals surface area contributed by atoms with Crippen LogP contribution in [0.15, 0.2) is 0 Å². The number of carbonyl (C=O) groups is 1. The van der Waals surface area contributed by atoms with Gasteiger partial charge in [-0.15, -0.1) is 0 Å². The fourth-order valence-corrected chi connectivity index (χ4v) is 0.668. The Morgan fingerprint density at radius 1 is 1.64 bits per heavy atom. The Kier molecular flexibility index (Phi) is 5.78. The lowest BCUT2D eigenvalue weighted by Gasteiger charge is -2.06. The van der Waals surface area contributed by atoms with E-state index in [-0.39, 0.29) is 12.6 Å². The molecular weight excluding hydrogens is 146 g/mol. The van der Waals surface area contributed by atoms with Crippen LogP contribution < -0.4 is 5.32 Å². The maximum Gasteiger partial charge on any atom is 0.317 e. The Labute approximate surface area is 66.2 Å². The smallest absolute Gasteiger partial charge is 0.317 e. The van der Waals surface area contributed by atoms with Gasteiger partial charge < -0.3 is 15.5 Å². The SMILES string of the molecule is CCC(O)CCNCC(=O)O. The number of hydrogen-bond acceptors (Lipinski definition) is 3. The van der Waals surface area contributed by atoms with E-state index in [1.54, 1.807) is 0 Å². The highest BCUT2D eigenvalue weighted by molar-refractivity contribution is 5.68. The number of carboxylic acids is 1. The van der Waals surface area contributed by atoms with Crippen LogP contribution in [0, 0.1) is 0 Å². The number of aliphatic carboxylic acids is 1. The second-order valence-electron chi connectivity index (χ2n) is 2.42. The average Bonchev–Trinajstić information content (AvgIpc) is 1.97. The molecule has 4 nitrogen and oxygen atoms in total. The molecule has 0 radical (unpaired) electrons. The van der Waals surface area contributed by atoms with Crippen LogP contribution in [0.1, 0.15) is 19.8 Å². The van der Waals surface area contributed by atoms with Crippen molar-refractivity contribution in [2.24, 2.45) is 0 Å². The third kappa shape index (κ3) is 7.29. The number of carboxylic acid groups (broad SMARTS) is 1. The molecule has 0 amide bonds. The molecule has 0 fully saturated rings. The van der Waals surface area contributed by atoms with E-state index in [0.29, 0.717) is 13.0 Å². The van der Waals surface area contributed by atoms with E-state index in [0.717, 1.165) is 6.42 Å². The van der Waals surface area contributed by atoms with E-state index < -0.39 is 5.97 Å². The molecule has 0 aliphatic heterocycles. The van der Waals surface area contributed by atoms with E-state index in [2.05, 4.69) is 5.32 Å². The number of rotatable bonds is 6. The second kappa shape index (κ2) is 6.12. The summed E-state index contributed by atoms with van der Waals surface area (Å²) in [6.45, 7) is 2.42. The van der Waals surface area contributed by atoms with E-state index >= 15 is 0 Å². The fraction of sp³-hybridized carbons (Fsp3) is 0.857. The topological polar surface area (TPSA) is 69.6 Å². The van der Waals surface area contributed by atoms with Crippen LogP contribution >= 0.6 is 0 Å². The Morgan fingerprint density at radius 2 is 2.27 bits per heavy atom. The van der Waals surface area contributed by atoms with Crippen molar-refractivity contribution in [3.63, 3.8) is 0 Å². The zero-order chi connectivity index (χ0) is 8.69. The summed E-state index contributed by atoms with van der Waals surface area (Å²) < 4.78 is 0. The van der Waals surface area contributed by atoms with Gasteiger partial charge in [-0.25, -0.2) is 0 Å². The minimum absolute atomic E-state index is 0.0313. The van der Waals surface area contributed by atoms with Crippen LogP contribution in [-0.4, -0.2) is 35.4 Å². The first kappa shape index (κ1) is 10.4. The first-order valence-electron chi connectivity index (χ1n) is 3.77. The van der Waals surface area contributed by atoms with Gasteiger partial charge in [-0.2, -0.15) is 0 Å². The zero-order valence-electron chi connectivity index (χ0n) is 6.71. The number of nitrogens with one attached hydrogen (secondary N) is 1. The summed E-state index contributed by atoms with van der Waals surface area (Å²) in [7, 11) is 0. The molecule has 0 aromatic rings. The molecule has 0 heterocycles. The highest BCUT2D eigenvalue weighted by Crippen LogP contribution is 1.93. The van der Waals surface area contributed by atoms with E-state index in [9.17, 15) is 4.79 Å². The van der Waals surface area contributed by atoms with E-state index in [1.165, 1.54) is 0 Å². The van der Waals surface area contributed by atoms with Crippen molar-refractivity contribution >= 4 is 5.97 Å². The summed E-state index contributed by atoms with van der Waals surface area (Å²) >= 11 is 0. The highest BCUT2D eigenvalue weighted by atomic mass is 16.4. The lowest BCUT2D eigenvalue weighted by atomic mass is 10.2. The monoisotopic (exact) mass is 161 g/mol. The third-order valence-corrected chi connectivity index (χ3v) is 1.40. The van der Waals surface area contributed by atoms with Gasteiger partial charge in [-0.05, 0) is 19.4 Å². The van der Waals surface area contributed by atoms with Gasteiger partial charge in [-0.1, -0.05) is 6.92 Å². The van der Waals surface area contributed by atoms with Crippen LogP contribution in [-0.2, 0) is 4.79 Å². The van der Waals surface area contributed by atoms with Crippen molar-refractivity contribution in [2.45, 2.75) is 25.9 Å². The van der Waals surface area contributed by atoms with Crippen molar-refractivity contribution in [1.82, 2.24) is 5.32 Å². The third-order valence-electron chi connectivity index (χ3n) is 1.40. The summed E-state index contributed by atoms with van der Waals surface area (Å²) in [5.41, 5.74) is 0. The van der Waals surface area contributed by atoms with Gasteiger partial charge >= 0.3 is 5.97 Å². The van der Waals surface area contributed by atoms with Crippen molar-refractivity contribution < 1.29 is 15.0 Å². The summed E-state index contributed by atoms with van der Waals surface area (Å²) in [5, 5.41) is 19.9. The first-order chi connectivity index (χ1) is 5.16. The van der Waals surface area contributed by atoms with Crippen LogP contribution in [0.4, 0.5) is 0 Å². The molecule has 0 saturated heterocycles. The molecule has 0 aliphatic carbocycles. The number of aliphatic hydroxyl groups excluding tert-OH is 1. The molecule has 11 heavy (non-hydrogen) atoms. The highest BCUT2D eigenvalue weighted by Gasteiger charge is 2.00. The van der Waals surface area contributed by atoms with Crippen molar-refractivity contribution in [3.8, 4) is 0 Å². The summed E-state index contributed by atoms with van der Waals surface area (Å²) in [6.07, 6.45) is 1.02. The molecule has 1 unspecified atom stereocenters. The van der Waals surface area contributed by atoms with Crippen LogP contribution in [0.2, 0.25) is 0 Å². The summed E-state index contributed by atoms with van der Waals surface area (Å²) in [4.78, 5) is 9.99. The summed E-state index contributed by atoms with van der Waals surface area (Å²) in [5.74, 6) is -0.865. The van der Waals surface area contributed by atoms with Crippen LogP contribution in [0.5, 0.6) is 0 Å². The molecule has 0 aromatic heterocycles. The fourth-order valence-electron chi connectivity index (χ4n) is 0.668. The Hall–Kier alpha value is -0.610. The molecule has 0 spiro atoms. The maximum absolute atomic E-state index is 9.99. The van der Waals surface area contributed by atoms with Gasteiger partial charge in [0.2, 0.25) is 0 Å². The van der Waals surface area contributed by atoms with E-state index in [1.807, 2.05) is 6.92 Å². The Bertz CT molecular complexity index is 116. The van der Waals surface area contributed by atoms with Gasteiger partial charge in [0.25, 0.3) is 0 Å². The lowest BCUT2D eigenvalue weighted by molar-refractivity contribution is -0.135. The minimum atomic E-state index is -0.865. The second-order valence-corrected chi connectivity index (χ2v) is 2.42. The standard InChI is InChI=1S/C7H15NO3/c1-2-6(9)3-4-8-5-7(10)11/h6,8-9H,2-5H2,1H3,(H,10,11). The number of hydrogen-bond donors (Lipinski definition) is 3. The molecule has 0 aromatic carbocycles. The minimum Gasteiger partial charge on any atom is -0.480 e. The zero-order valence-corrected chi connectivity index (χ0v) is 6.71. The average molecular weight is 161 g/mol. The van der Waals surface area contributed by atoms with Crippen molar-refractivity contribution in [1.29, 1.82) is 0 Å². The molecule has 0 bridgehead atoms. The van der Waals surface area contributed by atoms with Crippen molar-refractivity contribution in [3.05, 3.63) is 0 Å². The maximum atomic E-state index is 9.99. The van der Waals surface area contributed by atoms with Gasteiger partial charge in [0, 0.05) is 0 Å². The predicted octanol–water partition coefficient (Wildman–Crippen LogP) is -0.178. The largest absolute Gasteiger partial charge is 0.480 e. The Morgan fingerprint density at radius 3 is 2.73 bits per heavy atom. The molecule has 1 atom stereocenters. The molecule has 0 rings (SSSR count). The molecule has 4 heteroatoms. The molecule has 0 saturated carbocycles. The Balaban J connectivity index is 3.08. The van der Waals surface area contributed by atoms with Gasteiger partial charge in [0.05, 0.1) is 12.6 Å². The van der Waals surface area contributed by atoms with Gasteiger partial charge in [0.15, 0.2) is 0 Å². The summed E-state index contributed by atoms with van der Waals surface area (Å²) in [6, 6.07) is 0. The lowest BCUT2D eigenvalue weighted by Crippen LogP contribution is -2.25. The molecule has 0 aliphatic rings. The predicted molar refractivity (Wildman–Crippen MR) is 41.4 cm³/mol. The van der Waals surface area contributed by atoms with Gasteiger partial charge in [0.1, 0.15) is 0 Å². The van der Waals surface area contributed by atoms with Crippen molar-refractivity contribution in [2.75, 3.05) is 13.1 Å². The van der Waals surface area contributed by atoms with Crippen LogP contribution in [0.25, 0.3) is 0 Å². The quantitative estimate of drug-likeness (QED) is 0.473. The normalized spacial score (nSPS) is 12.9. The molecule has 66 valence electrons.